The summed E-state index contributed by atoms with van der Waals surface area (Å²) in [6, 6.07) is 10.2. The summed E-state index contributed by atoms with van der Waals surface area (Å²) >= 11 is 8.42. The van der Waals surface area contributed by atoms with E-state index in [4.69, 9.17) is 18.0 Å². The van der Waals surface area contributed by atoms with Crippen molar-refractivity contribution in [1.82, 2.24) is 0 Å². The lowest BCUT2D eigenvalue weighted by Gasteiger charge is -2.13. The third-order valence-electron chi connectivity index (χ3n) is 2.64. The molecule has 0 spiro atoms. The van der Waals surface area contributed by atoms with E-state index in [1.165, 1.54) is 12.1 Å². The molecule has 0 aliphatic carbocycles. The first kappa shape index (κ1) is 14.0. The Bertz CT molecular complexity index is 643. The van der Waals surface area contributed by atoms with Crippen LogP contribution in [0.3, 0.4) is 0 Å². The Labute approximate surface area is 124 Å². The average Bonchev–Trinajstić information content (AvgIpc) is 2.34. The van der Waals surface area contributed by atoms with E-state index in [0.29, 0.717) is 11.3 Å². The smallest absolute Gasteiger partial charge is 0.124 e. The molecular formula is C14H12BrFN2S. The van der Waals surface area contributed by atoms with E-state index in [1.807, 2.05) is 25.1 Å². The number of nitrogens with two attached hydrogens (primary N) is 1. The Morgan fingerprint density at radius 1 is 1.21 bits per heavy atom. The van der Waals surface area contributed by atoms with Crippen LogP contribution in [-0.2, 0) is 0 Å². The van der Waals surface area contributed by atoms with Gasteiger partial charge in [-0.15, -0.1) is 0 Å². The summed E-state index contributed by atoms with van der Waals surface area (Å²) in [4.78, 5) is 0.158. The van der Waals surface area contributed by atoms with Gasteiger partial charge >= 0.3 is 0 Å². The average molecular weight is 339 g/mol. The van der Waals surface area contributed by atoms with E-state index >= 15 is 0 Å². The van der Waals surface area contributed by atoms with E-state index in [0.717, 1.165) is 15.7 Å². The molecule has 2 aromatic rings. The number of rotatable bonds is 3. The highest BCUT2D eigenvalue weighted by molar-refractivity contribution is 9.10. The molecule has 19 heavy (non-hydrogen) atoms. The maximum atomic E-state index is 13.2. The molecule has 0 radical (unpaired) electrons. The number of thiocarbonyl (C=S) groups is 1. The standard InChI is InChI=1S/C14H12BrFN2S/c1-8-2-4-13(11(15)6-8)18-12-5-3-9(16)7-10(12)14(17)19/h2-7,18H,1H3,(H2,17,19). The number of benzene rings is 2. The first-order chi connectivity index (χ1) is 8.97. The van der Waals surface area contributed by atoms with Crippen molar-refractivity contribution < 1.29 is 4.39 Å². The van der Waals surface area contributed by atoms with Crippen molar-refractivity contribution in [2.24, 2.45) is 5.73 Å². The van der Waals surface area contributed by atoms with Gasteiger partial charge in [-0.05, 0) is 58.7 Å². The van der Waals surface area contributed by atoms with Crippen LogP contribution in [0.2, 0.25) is 0 Å². The van der Waals surface area contributed by atoms with Gasteiger partial charge in [0.05, 0.1) is 5.69 Å². The third kappa shape index (κ3) is 3.30. The van der Waals surface area contributed by atoms with Gasteiger partial charge in [-0.2, -0.15) is 0 Å². The summed E-state index contributed by atoms with van der Waals surface area (Å²) in [5.74, 6) is -0.365. The Morgan fingerprint density at radius 2 is 1.89 bits per heavy atom. The molecule has 0 aliphatic rings. The predicted octanol–water partition coefficient (Wildman–Crippen LogP) is 4.27. The fourth-order valence-electron chi connectivity index (χ4n) is 1.70. The molecule has 0 saturated heterocycles. The van der Waals surface area contributed by atoms with Crippen molar-refractivity contribution >= 4 is 44.5 Å². The minimum Gasteiger partial charge on any atom is -0.389 e. The highest BCUT2D eigenvalue weighted by Crippen LogP contribution is 2.28. The monoisotopic (exact) mass is 338 g/mol. The Hall–Kier alpha value is -1.46. The van der Waals surface area contributed by atoms with Gasteiger partial charge in [-0.3, -0.25) is 0 Å². The molecule has 0 unspecified atom stereocenters. The fraction of sp³-hybridized carbons (Fsp3) is 0.0714. The highest BCUT2D eigenvalue weighted by Gasteiger charge is 2.08. The lowest BCUT2D eigenvalue weighted by Crippen LogP contribution is -2.12. The van der Waals surface area contributed by atoms with Crippen LogP contribution in [0.1, 0.15) is 11.1 Å². The summed E-state index contributed by atoms with van der Waals surface area (Å²) in [5.41, 5.74) is 8.79. The lowest BCUT2D eigenvalue weighted by molar-refractivity contribution is 0.628. The molecule has 3 N–H and O–H groups in total. The number of halogens is 2. The van der Waals surface area contributed by atoms with Crippen LogP contribution in [-0.4, -0.2) is 4.99 Å². The van der Waals surface area contributed by atoms with E-state index in [1.54, 1.807) is 6.07 Å². The summed E-state index contributed by atoms with van der Waals surface area (Å²) < 4.78 is 14.1. The van der Waals surface area contributed by atoms with E-state index < -0.39 is 0 Å². The normalized spacial score (nSPS) is 10.3. The third-order valence-corrected chi connectivity index (χ3v) is 3.52. The van der Waals surface area contributed by atoms with Crippen molar-refractivity contribution in [2.45, 2.75) is 6.92 Å². The summed E-state index contributed by atoms with van der Waals surface area (Å²) in [6.07, 6.45) is 0. The molecule has 0 heterocycles. The maximum Gasteiger partial charge on any atom is 0.124 e. The minimum absolute atomic E-state index is 0.158. The minimum atomic E-state index is -0.365. The zero-order valence-corrected chi connectivity index (χ0v) is 12.6. The molecule has 0 amide bonds. The lowest BCUT2D eigenvalue weighted by atomic mass is 10.1. The molecule has 0 atom stereocenters. The first-order valence-corrected chi connectivity index (χ1v) is 6.80. The fourth-order valence-corrected chi connectivity index (χ4v) is 2.46. The molecule has 98 valence electrons. The van der Waals surface area contributed by atoms with Gasteiger partial charge in [0.25, 0.3) is 0 Å². The van der Waals surface area contributed by atoms with Crippen LogP contribution in [0.15, 0.2) is 40.9 Å². The number of anilines is 2. The van der Waals surface area contributed by atoms with Crippen molar-refractivity contribution in [2.75, 3.05) is 5.32 Å². The molecule has 2 aromatic carbocycles. The number of nitrogens with one attached hydrogen (secondary N) is 1. The zero-order valence-electron chi connectivity index (χ0n) is 10.2. The van der Waals surface area contributed by atoms with E-state index in [2.05, 4.69) is 21.2 Å². The number of aryl methyl sites for hydroxylation is 1. The van der Waals surface area contributed by atoms with Gasteiger partial charge in [-0.25, -0.2) is 4.39 Å². The quantitative estimate of drug-likeness (QED) is 0.820. The number of hydrogen-bond acceptors (Lipinski definition) is 2. The topological polar surface area (TPSA) is 38.0 Å². The maximum absolute atomic E-state index is 13.2. The molecule has 0 aromatic heterocycles. The number of hydrogen-bond donors (Lipinski definition) is 2. The van der Waals surface area contributed by atoms with Crippen LogP contribution < -0.4 is 11.1 Å². The van der Waals surface area contributed by atoms with Gasteiger partial charge in [-0.1, -0.05) is 18.3 Å². The largest absolute Gasteiger partial charge is 0.389 e. The van der Waals surface area contributed by atoms with Crippen LogP contribution >= 0.6 is 28.1 Å². The second-order valence-corrected chi connectivity index (χ2v) is 5.46. The van der Waals surface area contributed by atoms with Gasteiger partial charge in [0.2, 0.25) is 0 Å². The van der Waals surface area contributed by atoms with Gasteiger partial charge in [0, 0.05) is 15.7 Å². The molecular weight excluding hydrogens is 327 g/mol. The van der Waals surface area contributed by atoms with Crippen molar-refractivity contribution in [3.05, 3.63) is 57.8 Å². The van der Waals surface area contributed by atoms with Gasteiger partial charge in [0.15, 0.2) is 0 Å². The summed E-state index contributed by atoms with van der Waals surface area (Å²) in [7, 11) is 0. The zero-order chi connectivity index (χ0) is 14.0. The molecule has 2 nitrogen and oxygen atoms in total. The van der Waals surface area contributed by atoms with Crippen molar-refractivity contribution in [3.63, 3.8) is 0 Å². The second kappa shape index (κ2) is 5.67. The predicted molar refractivity (Wildman–Crippen MR) is 84.4 cm³/mol. The Morgan fingerprint density at radius 3 is 2.53 bits per heavy atom. The second-order valence-electron chi connectivity index (χ2n) is 4.16. The molecule has 2 rings (SSSR count). The molecule has 0 saturated carbocycles. The van der Waals surface area contributed by atoms with Gasteiger partial charge < -0.3 is 11.1 Å². The van der Waals surface area contributed by atoms with Crippen LogP contribution in [0, 0.1) is 12.7 Å². The van der Waals surface area contributed by atoms with Gasteiger partial charge in [0.1, 0.15) is 10.8 Å². The van der Waals surface area contributed by atoms with E-state index in [-0.39, 0.29) is 10.8 Å². The van der Waals surface area contributed by atoms with E-state index in [9.17, 15) is 4.39 Å². The Balaban J connectivity index is 2.40. The van der Waals surface area contributed by atoms with Crippen molar-refractivity contribution in [1.29, 1.82) is 0 Å². The molecule has 5 heteroatoms. The molecule has 0 fully saturated rings. The highest BCUT2D eigenvalue weighted by atomic mass is 79.9. The first-order valence-electron chi connectivity index (χ1n) is 5.60. The van der Waals surface area contributed by atoms with Crippen LogP contribution in [0.5, 0.6) is 0 Å². The Kier molecular flexibility index (Phi) is 4.17. The van der Waals surface area contributed by atoms with Crippen LogP contribution in [0.25, 0.3) is 0 Å². The molecule has 0 aliphatic heterocycles. The SMILES string of the molecule is Cc1ccc(Nc2ccc(F)cc2C(N)=S)c(Br)c1. The summed E-state index contributed by atoms with van der Waals surface area (Å²) in [6.45, 7) is 2.01. The summed E-state index contributed by atoms with van der Waals surface area (Å²) in [5, 5.41) is 3.20. The van der Waals surface area contributed by atoms with Crippen molar-refractivity contribution in [3.8, 4) is 0 Å². The van der Waals surface area contributed by atoms with Crippen LogP contribution in [0.4, 0.5) is 15.8 Å². The molecule has 0 bridgehead atoms.